The molecular weight excluding hydrogens is 302 g/mol. The van der Waals surface area contributed by atoms with E-state index in [0.29, 0.717) is 24.2 Å². The van der Waals surface area contributed by atoms with Crippen molar-refractivity contribution in [2.75, 3.05) is 18.9 Å². The molecule has 0 atom stereocenters. The Morgan fingerprint density at radius 2 is 1.91 bits per heavy atom. The number of rotatable bonds is 7. The number of sulfonamides is 1. The minimum absolute atomic E-state index is 0.109. The zero-order valence-corrected chi connectivity index (χ0v) is 14.4. The van der Waals surface area contributed by atoms with Crippen molar-refractivity contribution in [2.24, 2.45) is 0 Å². The fourth-order valence-corrected chi connectivity index (χ4v) is 3.55. The lowest BCUT2D eigenvalue weighted by molar-refractivity contribution is -0.116. The molecule has 1 amide bonds. The Morgan fingerprint density at radius 1 is 1.23 bits per heavy atom. The third kappa shape index (κ3) is 7.53. The molecule has 0 saturated carbocycles. The van der Waals surface area contributed by atoms with Gasteiger partial charge in [-0.1, -0.05) is 12.1 Å². The first kappa shape index (κ1) is 18.6. The third-order valence-corrected chi connectivity index (χ3v) is 4.27. The summed E-state index contributed by atoms with van der Waals surface area (Å²) in [6, 6.07) is 6.88. The summed E-state index contributed by atoms with van der Waals surface area (Å²) in [5, 5.41) is 5.66. The van der Waals surface area contributed by atoms with Gasteiger partial charge in [-0.25, -0.2) is 13.1 Å². The Kier molecular flexibility index (Phi) is 6.52. The molecule has 124 valence electrons. The van der Waals surface area contributed by atoms with Crippen LogP contribution in [-0.2, 0) is 20.6 Å². The molecule has 0 unspecified atom stereocenters. The van der Waals surface area contributed by atoms with Crippen LogP contribution < -0.4 is 15.4 Å². The van der Waals surface area contributed by atoms with Gasteiger partial charge in [0.25, 0.3) is 0 Å². The number of nitrogens with one attached hydrogen (secondary N) is 3. The minimum Gasteiger partial charge on any atom is -0.326 e. The molecule has 1 rings (SSSR count). The maximum atomic E-state index is 12.1. The van der Waals surface area contributed by atoms with Gasteiger partial charge in [-0.3, -0.25) is 4.79 Å². The molecule has 0 radical (unpaired) electrons. The van der Waals surface area contributed by atoms with Gasteiger partial charge in [-0.05, 0) is 45.5 Å². The second kappa shape index (κ2) is 7.71. The summed E-state index contributed by atoms with van der Waals surface area (Å²) < 4.78 is 26.8. The van der Waals surface area contributed by atoms with Crippen molar-refractivity contribution in [1.29, 1.82) is 0 Å². The van der Waals surface area contributed by atoms with Crippen LogP contribution in [0.2, 0.25) is 0 Å². The topological polar surface area (TPSA) is 87.3 Å². The average molecular weight is 327 g/mol. The lowest BCUT2D eigenvalue weighted by Crippen LogP contribution is -2.41. The van der Waals surface area contributed by atoms with E-state index < -0.39 is 15.6 Å². The predicted octanol–water partition coefficient (Wildman–Crippen LogP) is 1.45. The number of hydrogen-bond donors (Lipinski definition) is 3. The lowest BCUT2D eigenvalue weighted by Gasteiger charge is -2.20. The van der Waals surface area contributed by atoms with E-state index in [4.69, 9.17) is 0 Å². The predicted molar refractivity (Wildman–Crippen MR) is 89.1 cm³/mol. The van der Waals surface area contributed by atoms with Gasteiger partial charge in [0, 0.05) is 24.2 Å². The van der Waals surface area contributed by atoms with Gasteiger partial charge in [-0.15, -0.1) is 0 Å². The Morgan fingerprint density at radius 3 is 2.50 bits per heavy atom. The number of amides is 1. The highest BCUT2D eigenvalue weighted by atomic mass is 32.2. The molecular formula is C15H25N3O3S. The molecule has 22 heavy (non-hydrogen) atoms. The normalized spacial score (nSPS) is 12.2. The summed E-state index contributed by atoms with van der Waals surface area (Å²) in [7, 11) is -1.65. The first-order valence-corrected chi connectivity index (χ1v) is 8.81. The largest absolute Gasteiger partial charge is 0.326 e. The SMILES string of the molecule is CNCCC(=O)Nc1cccc(CS(=O)(=O)NC(C)(C)C)c1. The summed E-state index contributed by atoms with van der Waals surface area (Å²) in [6.45, 7) is 5.98. The number of benzene rings is 1. The average Bonchev–Trinajstić information content (AvgIpc) is 2.33. The molecule has 0 heterocycles. The summed E-state index contributed by atoms with van der Waals surface area (Å²) in [5.41, 5.74) is 0.713. The van der Waals surface area contributed by atoms with E-state index >= 15 is 0 Å². The fourth-order valence-electron chi connectivity index (χ4n) is 1.92. The maximum Gasteiger partial charge on any atom is 0.225 e. The van der Waals surface area contributed by atoms with Crippen molar-refractivity contribution in [3.05, 3.63) is 29.8 Å². The van der Waals surface area contributed by atoms with Crippen LogP contribution >= 0.6 is 0 Å². The molecule has 0 aliphatic heterocycles. The van der Waals surface area contributed by atoms with Gasteiger partial charge in [0.05, 0.1) is 5.75 Å². The summed E-state index contributed by atoms with van der Waals surface area (Å²) in [6.07, 6.45) is 0.366. The Hall–Kier alpha value is -1.44. The molecule has 1 aromatic carbocycles. The van der Waals surface area contributed by atoms with Crippen molar-refractivity contribution in [1.82, 2.24) is 10.0 Å². The monoisotopic (exact) mass is 327 g/mol. The molecule has 0 aliphatic carbocycles. The highest BCUT2D eigenvalue weighted by Gasteiger charge is 2.20. The zero-order valence-electron chi connectivity index (χ0n) is 13.6. The van der Waals surface area contributed by atoms with E-state index in [0.717, 1.165) is 0 Å². The Balaban J connectivity index is 2.74. The van der Waals surface area contributed by atoms with Gasteiger partial charge < -0.3 is 10.6 Å². The smallest absolute Gasteiger partial charge is 0.225 e. The molecule has 6 nitrogen and oxygen atoms in total. The Bertz CT molecular complexity index is 607. The number of carbonyl (C=O) groups is 1. The summed E-state index contributed by atoms with van der Waals surface area (Å²) in [5.74, 6) is -0.230. The van der Waals surface area contributed by atoms with Crippen LogP contribution in [-0.4, -0.2) is 33.5 Å². The van der Waals surface area contributed by atoms with Crippen LogP contribution in [0.15, 0.2) is 24.3 Å². The van der Waals surface area contributed by atoms with E-state index in [-0.39, 0.29) is 11.7 Å². The number of anilines is 1. The lowest BCUT2D eigenvalue weighted by atomic mass is 10.1. The molecule has 0 spiro atoms. The van der Waals surface area contributed by atoms with E-state index in [1.54, 1.807) is 52.1 Å². The van der Waals surface area contributed by atoms with Crippen molar-refractivity contribution in [3.63, 3.8) is 0 Å². The van der Waals surface area contributed by atoms with Crippen LogP contribution in [0.5, 0.6) is 0 Å². The first-order chi connectivity index (χ1) is 10.1. The van der Waals surface area contributed by atoms with Crippen LogP contribution in [0.25, 0.3) is 0 Å². The van der Waals surface area contributed by atoms with E-state index in [9.17, 15) is 13.2 Å². The van der Waals surface area contributed by atoms with Crippen LogP contribution in [0, 0.1) is 0 Å². The maximum absolute atomic E-state index is 12.1. The van der Waals surface area contributed by atoms with Gasteiger partial charge in [0.15, 0.2) is 0 Å². The first-order valence-electron chi connectivity index (χ1n) is 7.16. The molecule has 0 aliphatic rings. The quantitative estimate of drug-likeness (QED) is 0.707. The van der Waals surface area contributed by atoms with Crippen LogP contribution in [0.3, 0.4) is 0 Å². The van der Waals surface area contributed by atoms with E-state index in [1.165, 1.54) is 0 Å². The summed E-state index contributed by atoms with van der Waals surface area (Å²) in [4.78, 5) is 11.7. The number of carbonyl (C=O) groups excluding carboxylic acids is 1. The highest BCUT2D eigenvalue weighted by molar-refractivity contribution is 7.88. The molecule has 1 aromatic rings. The van der Waals surface area contributed by atoms with Crippen LogP contribution in [0.4, 0.5) is 5.69 Å². The standard InChI is InChI=1S/C15H25N3O3S/c1-15(2,3)18-22(20,21)11-12-6-5-7-13(10-12)17-14(19)8-9-16-4/h5-7,10,16,18H,8-9,11H2,1-4H3,(H,17,19). The van der Waals surface area contributed by atoms with E-state index in [2.05, 4.69) is 15.4 Å². The van der Waals surface area contributed by atoms with Crippen LogP contribution in [0.1, 0.15) is 32.8 Å². The minimum atomic E-state index is -3.42. The third-order valence-electron chi connectivity index (χ3n) is 2.63. The second-order valence-electron chi connectivity index (χ2n) is 6.21. The van der Waals surface area contributed by atoms with Crippen molar-refractivity contribution >= 4 is 21.6 Å². The number of hydrogen-bond acceptors (Lipinski definition) is 4. The molecule has 7 heteroatoms. The van der Waals surface area contributed by atoms with Crippen molar-refractivity contribution < 1.29 is 13.2 Å². The molecule has 0 saturated heterocycles. The zero-order chi connectivity index (χ0) is 16.8. The van der Waals surface area contributed by atoms with Gasteiger partial charge in [0.1, 0.15) is 0 Å². The fraction of sp³-hybridized carbons (Fsp3) is 0.533. The highest BCUT2D eigenvalue weighted by Crippen LogP contribution is 2.14. The molecule has 0 fully saturated rings. The summed E-state index contributed by atoms with van der Waals surface area (Å²) >= 11 is 0. The second-order valence-corrected chi connectivity index (χ2v) is 7.94. The van der Waals surface area contributed by atoms with E-state index in [1.807, 2.05) is 0 Å². The molecule has 0 aromatic heterocycles. The molecule has 3 N–H and O–H groups in total. The van der Waals surface area contributed by atoms with Crippen molar-refractivity contribution in [3.8, 4) is 0 Å². The Labute approximate surface area is 132 Å². The van der Waals surface area contributed by atoms with Gasteiger partial charge >= 0.3 is 0 Å². The van der Waals surface area contributed by atoms with Crippen molar-refractivity contribution in [2.45, 2.75) is 38.5 Å². The van der Waals surface area contributed by atoms with Gasteiger partial charge in [-0.2, -0.15) is 0 Å². The van der Waals surface area contributed by atoms with Gasteiger partial charge in [0.2, 0.25) is 15.9 Å². The molecule has 0 bridgehead atoms.